The van der Waals surface area contributed by atoms with Crippen LogP contribution in [0.4, 0.5) is 0 Å². The van der Waals surface area contributed by atoms with E-state index >= 15 is 0 Å². The van der Waals surface area contributed by atoms with E-state index in [9.17, 15) is 24.9 Å². The van der Waals surface area contributed by atoms with Gasteiger partial charge in [0.2, 0.25) is 0 Å². The van der Waals surface area contributed by atoms with Gasteiger partial charge in [-0.3, -0.25) is 14.2 Å². The number of esters is 1. The Labute approximate surface area is 168 Å². The van der Waals surface area contributed by atoms with Crippen molar-refractivity contribution >= 4 is 5.97 Å². The predicted octanol–water partition coefficient (Wildman–Crippen LogP) is 0.582. The van der Waals surface area contributed by atoms with Gasteiger partial charge in [0.15, 0.2) is 6.23 Å². The molecular formula is C21H27NO7. The maximum Gasteiger partial charge on any atom is 0.317 e. The average Bonchev–Trinajstić information content (AvgIpc) is 2.95. The minimum Gasteiger partial charge on any atom is -0.426 e. The normalized spacial score (nSPS) is 42.9. The quantitative estimate of drug-likeness (QED) is 0.627. The molecule has 3 N–H and O–H groups in total. The number of ether oxygens (including phenoxy) is 2. The fraction of sp³-hybridized carbons (Fsp3) is 0.714. The molecule has 2 heterocycles. The number of aliphatic hydroxyl groups is 3. The summed E-state index contributed by atoms with van der Waals surface area (Å²) < 4.78 is 12.2. The van der Waals surface area contributed by atoms with Crippen LogP contribution in [0.25, 0.3) is 0 Å². The molecule has 0 amide bonds. The van der Waals surface area contributed by atoms with Gasteiger partial charge in [0.1, 0.15) is 24.1 Å². The lowest BCUT2D eigenvalue weighted by atomic mass is 9.49. The van der Waals surface area contributed by atoms with Crippen molar-refractivity contribution in [2.45, 2.75) is 63.1 Å². The van der Waals surface area contributed by atoms with Crippen molar-refractivity contribution in [1.82, 2.24) is 4.57 Å². The van der Waals surface area contributed by atoms with Gasteiger partial charge < -0.3 is 24.8 Å². The molecule has 4 aliphatic carbocycles. The molecule has 0 radical (unpaired) electrons. The van der Waals surface area contributed by atoms with Gasteiger partial charge in [0.05, 0.1) is 12.0 Å². The second-order valence-corrected chi connectivity index (χ2v) is 9.42. The summed E-state index contributed by atoms with van der Waals surface area (Å²) >= 11 is 0. The van der Waals surface area contributed by atoms with Gasteiger partial charge in [0, 0.05) is 12.3 Å². The monoisotopic (exact) mass is 405 g/mol. The Morgan fingerprint density at radius 1 is 1.14 bits per heavy atom. The molecule has 158 valence electrons. The summed E-state index contributed by atoms with van der Waals surface area (Å²) in [6, 6.07) is 2.70. The van der Waals surface area contributed by atoms with E-state index < -0.39 is 42.1 Å². The van der Waals surface area contributed by atoms with Crippen molar-refractivity contribution in [3.8, 4) is 5.75 Å². The smallest absolute Gasteiger partial charge is 0.317 e. The van der Waals surface area contributed by atoms with Crippen LogP contribution in [0.3, 0.4) is 0 Å². The van der Waals surface area contributed by atoms with Crippen LogP contribution < -0.4 is 10.3 Å². The summed E-state index contributed by atoms with van der Waals surface area (Å²) in [4.78, 5) is 25.6. The summed E-state index contributed by atoms with van der Waals surface area (Å²) in [5.41, 5.74) is -0.928. The predicted molar refractivity (Wildman–Crippen MR) is 100.0 cm³/mol. The van der Waals surface area contributed by atoms with Crippen LogP contribution in [-0.4, -0.2) is 50.8 Å². The van der Waals surface area contributed by atoms with Gasteiger partial charge in [-0.1, -0.05) is 0 Å². The SMILES string of the molecule is O=C(Oc1ccn([C@H]2O[C@@H](CO)[C@@H](O)[C@H]2O)c(=O)c1)C12CC3CC(CC(C3)C1)C2. The molecule has 1 aliphatic heterocycles. The average molecular weight is 405 g/mol. The molecule has 5 aliphatic rings. The molecule has 0 aromatic carbocycles. The lowest BCUT2D eigenvalue weighted by molar-refractivity contribution is -0.161. The van der Waals surface area contributed by atoms with E-state index in [-0.39, 0.29) is 11.7 Å². The van der Waals surface area contributed by atoms with E-state index in [2.05, 4.69) is 0 Å². The highest BCUT2D eigenvalue weighted by Gasteiger charge is 2.55. The zero-order chi connectivity index (χ0) is 20.3. The van der Waals surface area contributed by atoms with Gasteiger partial charge in [-0.15, -0.1) is 0 Å². The molecule has 0 unspecified atom stereocenters. The van der Waals surface area contributed by atoms with Crippen molar-refractivity contribution in [1.29, 1.82) is 0 Å². The molecule has 1 aromatic rings. The van der Waals surface area contributed by atoms with Crippen molar-refractivity contribution in [2.75, 3.05) is 6.61 Å². The molecule has 0 spiro atoms. The number of aromatic nitrogens is 1. The summed E-state index contributed by atoms with van der Waals surface area (Å²) in [7, 11) is 0. The van der Waals surface area contributed by atoms with E-state index in [0.29, 0.717) is 17.8 Å². The van der Waals surface area contributed by atoms with E-state index in [1.807, 2.05) is 0 Å². The van der Waals surface area contributed by atoms with Crippen molar-refractivity contribution in [2.24, 2.45) is 23.2 Å². The zero-order valence-electron chi connectivity index (χ0n) is 16.1. The maximum absolute atomic E-state index is 13.0. The highest BCUT2D eigenvalue weighted by Crippen LogP contribution is 2.60. The van der Waals surface area contributed by atoms with Gasteiger partial charge >= 0.3 is 5.97 Å². The van der Waals surface area contributed by atoms with Crippen molar-refractivity contribution in [3.63, 3.8) is 0 Å². The molecular weight excluding hydrogens is 378 g/mol. The van der Waals surface area contributed by atoms with E-state index in [1.165, 1.54) is 37.6 Å². The second kappa shape index (κ2) is 6.91. The highest BCUT2D eigenvalue weighted by atomic mass is 16.6. The third-order valence-corrected chi connectivity index (χ3v) is 7.39. The number of pyridine rings is 1. The number of hydrogen-bond acceptors (Lipinski definition) is 7. The van der Waals surface area contributed by atoms with Crippen LogP contribution in [0.2, 0.25) is 0 Å². The van der Waals surface area contributed by atoms with Crippen LogP contribution in [0.1, 0.15) is 44.8 Å². The largest absolute Gasteiger partial charge is 0.426 e. The van der Waals surface area contributed by atoms with Gasteiger partial charge in [-0.25, -0.2) is 0 Å². The van der Waals surface area contributed by atoms with Crippen LogP contribution in [0.5, 0.6) is 5.75 Å². The number of nitrogens with zero attached hydrogens (tertiary/aromatic N) is 1. The summed E-state index contributed by atoms with van der Waals surface area (Å²) in [6.45, 7) is -0.468. The third-order valence-electron chi connectivity index (χ3n) is 7.39. The molecule has 1 saturated heterocycles. The fourth-order valence-corrected chi connectivity index (χ4v) is 6.43. The lowest BCUT2D eigenvalue weighted by Gasteiger charge is -2.55. The Balaban J connectivity index is 1.33. The minimum atomic E-state index is -1.34. The van der Waals surface area contributed by atoms with Crippen LogP contribution >= 0.6 is 0 Å². The van der Waals surface area contributed by atoms with E-state index in [4.69, 9.17) is 9.47 Å². The standard InChI is InChI=1S/C21H27NO7/c23-10-15-17(25)18(26)19(29-15)22-2-1-14(6-16(22)24)28-20(27)21-7-11-3-12(8-21)5-13(4-11)9-21/h1-2,6,11-13,15,17-19,23,25-26H,3-5,7-10H2/t11?,12?,13?,15-,17+,18+,19-,21?/m0/s1. The molecule has 29 heavy (non-hydrogen) atoms. The van der Waals surface area contributed by atoms with Gasteiger partial charge in [-0.05, 0) is 62.3 Å². The van der Waals surface area contributed by atoms with Crippen LogP contribution in [0.15, 0.2) is 23.1 Å². The number of aliphatic hydroxyl groups excluding tert-OH is 3. The fourth-order valence-electron chi connectivity index (χ4n) is 6.43. The second-order valence-electron chi connectivity index (χ2n) is 9.42. The Bertz CT molecular complexity index is 830. The Hall–Kier alpha value is -1.74. The molecule has 6 rings (SSSR count). The number of hydrogen-bond donors (Lipinski definition) is 3. The molecule has 4 atom stereocenters. The number of rotatable bonds is 4. The summed E-state index contributed by atoms with van der Waals surface area (Å²) in [5, 5.41) is 29.2. The molecule has 4 saturated carbocycles. The van der Waals surface area contributed by atoms with Gasteiger partial charge in [0.25, 0.3) is 5.56 Å². The molecule has 5 fully saturated rings. The minimum absolute atomic E-state index is 0.179. The Morgan fingerprint density at radius 3 is 2.28 bits per heavy atom. The van der Waals surface area contributed by atoms with Crippen LogP contribution in [0, 0.1) is 23.2 Å². The first-order valence-electron chi connectivity index (χ1n) is 10.5. The van der Waals surface area contributed by atoms with Gasteiger partial charge in [-0.2, -0.15) is 0 Å². The maximum atomic E-state index is 13.0. The van der Waals surface area contributed by atoms with Crippen molar-refractivity contribution < 1.29 is 29.6 Å². The number of carbonyl (C=O) groups excluding carboxylic acids is 1. The Morgan fingerprint density at radius 2 is 1.76 bits per heavy atom. The first-order chi connectivity index (χ1) is 13.9. The zero-order valence-corrected chi connectivity index (χ0v) is 16.1. The summed E-state index contributed by atoms with van der Waals surface area (Å²) in [5.74, 6) is 1.80. The van der Waals surface area contributed by atoms with Crippen LogP contribution in [-0.2, 0) is 9.53 Å². The first-order valence-corrected chi connectivity index (χ1v) is 10.5. The topological polar surface area (TPSA) is 118 Å². The molecule has 8 nitrogen and oxygen atoms in total. The third kappa shape index (κ3) is 3.13. The Kier molecular flexibility index (Phi) is 4.58. The molecule has 1 aromatic heterocycles. The molecule has 4 bridgehead atoms. The van der Waals surface area contributed by atoms with E-state index in [1.54, 1.807) is 0 Å². The van der Waals surface area contributed by atoms with Crippen molar-refractivity contribution in [3.05, 3.63) is 28.7 Å². The first kappa shape index (κ1) is 19.2. The summed E-state index contributed by atoms with van der Waals surface area (Å²) in [6.07, 6.45) is 3.03. The number of carbonyl (C=O) groups is 1. The van der Waals surface area contributed by atoms with E-state index in [0.717, 1.165) is 23.8 Å². The molecule has 8 heteroatoms. The highest BCUT2D eigenvalue weighted by molar-refractivity contribution is 5.79. The lowest BCUT2D eigenvalue weighted by Crippen LogP contribution is -2.51.